The maximum absolute atomic E-state index is 12.9. The summed E-state index contributed by atoms with van der Waals surface area (Å²) in [5.74, 6) is 0.0675. The van der Waals surface area contributed by atoms with Crippen LogP contribution in [0.1, 0.15) is 11.3 Å². The molecule has 1 amide bonds. The molecule has 27 heavy (non-hydrogen) atoms. The highest BCUT2D eigenvalue weighted by molar-refractivity contribution is 5.96. The van der Waals surface area contributed by atoms with E-state index in [1.807, 2.05) is 17.0 Å². The van der Waals surface area contributed by atoms with Gasteiger partial charge in [0.1, 0.15) is 6.10 Å². The minimum absolute atomic E-state index is 0.0675. The van der Waals surface area contributed by atoms with Crippen molar-refractivity contribution in [3.05, 3.63) is 53.7 Å². The van der Waals surface area contributed by atoms with E-state index in [0.29, 0.717) is 26.2 Å². The van der Waals surface area contributed by atoms with E-state index in [-0.39, 0.29) is 12.0 Å². The Balaban J connectivity index is 1.48. The molecule has 0 bridgehead atoms. The van der Waals surface area contributed by atoms with Gasteiger partial charge in [-0.1, -0.05) is 42.5 Å². The maximum Gasteiger partial charge on any atom is 0.253 e. The standard InChI is InChI=1S/C21H22N4O2/c26-21(19-12-22-9-11-27-19)25-10-8-18-17(13-25)20(24-23-18)16-7-3-5-14-4-1-2-6-15(14)16/h1-7,19,22H,8-13H2,(H,23,24). The zero-order valence-electron chi connectivity index (χ0n) is 15.1. The number of carbonyl (C=O) groups excluding carboxylic acids is 1. The van der Waals surface area contributed by atoms with Gasteiger partial charge in [-0.25, -0.2) is 0 Å². The Morgan fingerprint density at radius 2 is 2.07 bits per heavy atom. The third-order valence-electron chi connectivity index (χ3n) is 5.49. The lowest BCUT2D eigenvalue weighted by Gasteiger charge is -2.32. The SMILES string of the molecule is O=C(C1CNCCO1)N1CCc2[nH]nc(-c3cccc4ccccc34)c2C1. The van der Waals surface area contributed by atoms with E-state index >= 15 is 0 Å². The van der Waals surface area contributed by atoms with Crippen LogP contribution in [0.3, 0.4) is 0 Å². The normalized spacial score (nSPS) is 19.9. The number of aromatic amines is 1. The molecule has 2 aliphatic rings. The quantitative estimate of drug-likeness (QED) is 0.733. The number of fused-ring (bicyclic) bond motifs is 2. The molecular weight excluding hydrogens is 340 g/mol. The molecule has 6 nitrogen and oxygen atoms in total. The second-order valence-corrected chi connectivity index (χ2v) is 7.13. The first kappa shape index (κ1) is 16.5. The van der Waals surface area contributed by atoms with Crippen molar-refractivity contribution in [2.24, 2.45) is 0 Å². The fraction of sp³-hybridized carbons (Fsp3) is 0.333. The van der Waals surface area contributed by atoms with Crippen LogP contribution in [-0.2, 0) is 22.5 Å². The molecule has 1 unspecified atom stereocenters. The molecular formula is C21H22N4O2. The van der Waals surface area contributed by atoms with Crippen molar-refractivity contribution < 1.29 is 9.53 Å². The summed E-state index contributed by atoms with van der Waals surface area (Å²) in [6, 6.07) is 14.6. The van der Waals surface area contributed by atoms with Crippen LogP contribution in [0.4, 0.5) is 0 Å². The molecule has 2 N–H and O–H groups in total. The van der Waals surface area contributed by atoms with Gasteiger partial charge in [-0.3, -0.25) is 9.89 Å². The van der Waals surface area contributed by atoms with Gasteiger partial charge in [-0.2, -0.15) is 5.10 Å². The fourth-order valence-corrected chi connectivity index (χ4v) is 4.07. The van der Waals surface area contributed by atoms with Gasteiger partial charge >= 0.3 is 0 Å². The van der Waals surface area contributed by atoms with Crippen molar-refractivity contribution in [2.45, 2.75) is 19.1 Å². The van der Waals surface area contributed by atoms with Crippen molar-refractivity contribution >= 4 is 16.7 Å². The van der Waals surface area contributed by atoms with Crippen LogP contribution in [-0.4, -0.2) is 53.3 Å². The monoisotopic (exact) mass is 362 g/mol. The van der Waals surface area contributed by atoms with E-state index in [9.17, 15) is 4.79 Å². The zero-order chi connectivity index (χ0) is 18.2. The van der Waals surface area contributed by atoms with Crippen LogP contribution in [0.5, 0.6) is 0 Å². The lowest BCUT2D eigenvalue weighted by Crippen LogP contribution is -2.50. The minimum Gasteiger partial charge on any atom is -0.366 e. The van der Waals surface area contributed by atoms with Crippen molar-refractivity contribution in [3.8, 4) is 11.3 Å². The molecule has 3 heterocycles. The molecule has 2 aromatic carbocycles. The highest BCUT2D eigenvalue weighted by atomic mass is 16.5. The summed E-state index contributed by atoms with van der Waals surface area (Å²) in [5.41, 5.74) is 4.30. The Hall–Kier alpha value is -2.70. The molecule has 0 saturated carbocycles. The third-order valence-corrected chi connectivity index (χ3v) is 5.49. The predicted molar refractivity (Wildman–Crippen MR) is 103 cm³/mol. The number of amides is 1. The number of hydrogen-bond acceptors (Lipinski definition) is 4. The first-order valence-corrected chi connectivity index (χ1v) is 9.46. The molecule has 0 radical (unpaired) electrons. The molecule has 1 atom stereocenters. The van der Waals surface area contributed by atoms with Gasteiger partial charge in [0.05, 0.1) is 12.3 Å². The molecule has 2 aliphatic heterocycles. The van der Waals surface area contributed by atoms with Crippen molar-refractivity contribution in [1.82, 2.24) is 20.4 Å². The number of rotatable bonds is 2. The number of nitrogens with zero attached hydrogens (tertiary/aromatic N) is 2. The third kappa shape index (κ3) is 2.91. The highest BCUT2D eigenvalue weighted by Crippen LogP contribution is 2.33. The van der Waals surface area contributed by atoms with Gasteiger partial charge in [0.15, 0.2) is 0 Å². The molecule has 0 aliphatic carbocycles. The Labute approximate surface area is 157 Å². The molecule has 5 rings (SSSR count). The lowest BCUT2D eigenvalue weighted by atomic mass is 9.96. The zero-order valence-corrected chi connectivity index (χ0v) is 15.1. The van der Waals surface area contributed by atoms with Gasteiger partial charge < -0.3 is 15.0 Å². The number of aromatic nitrogens is 2. The molecule has 1 fully saturated rings. The summed E-state index contributed by atoms with van der Waals surface area (Å²) in [6.07, 6.45) is 0.409. The predicted octanol–water partition coefficient (Wildman–Crippen LogP) is 2.10. The Bertz CT molecular complexity index is 986. The summed E-state index contributed by atoms with van der Waals surface area (Å²) in [6.45, 7) is 3.25. The van der Waals surface area contributed by atoms with E-state index in [4.69, 9.17) is 4.74 Å². The maximum atomic E-state index is 12.9. The highest BCUT2D eigenvalue weighted by Gasteiger charge is 2.31. The van der Waals surface area contributed by atoms with E-state index < -0.39 is 0 Å². The Morgan fingerprint density at radius 3 is 2.96 bits per heavy atom. The summed E-state index contributed by atoms with van der Waals surface area (Å²) >= 11 is 0. The second-order valence-electron chi connectivity index (χ2n) is 7.13. The van der Waals surface area contributed by atoms with Crippen molar-refractivity contribution in [3.63, 3.8) is 0 Å². The van der Waals surface area contributed by atoms with E-state index in [1.165, 1.54) is 10.8 Å². The van der Waals surface area contributed by atoms with Crippen LogP contribution in [0.15, 0.2) is 42.5 Å². The van der Waals surface area contributed by atoms with Crippen LogP contribution < -0.4 is 5.32 Å². The van der Waals surface area contributed by atoms with E-state index in [1.54, 1.807) is 0 Å². The van der Waals surface area contributed by atoms with Gasteiger partial charge in [0, 0.05) is 49.4 Å². The summed E-state index contributed by atoms with van der Waals surface area (Å²) in [5, 5.41) is 13.4. The summed E-state index contributed by atoms with van der Waals surface area (Å²) in [4.78, 5) is 14.8. The number of H-pyrrole nitrogens is 1. The molecule has 1 aromatic heterocycles. The van der Waals surface area contributed by atoms with E-state index in [2.05, 4.69) is 45.8 Å². The molecule has 1 saturated heterocycles. The van der Waals surface area contributed by atoms with Crippen molar-refractivity contribution in [2.75, 3.05) is 26.2 Å². The van der Waals surface area contributed by atoms with Gasteiger partial charge in [-0.05, 0) is 10.8 Å². The topological polar surface area (TPSA) is 70.2 Å². The summed E-state index contributed by atoms with van der Waals surface area (Å²) < 4.78 is 5.66. The Kier molecular flexibility index (Phi) is 4.14. The number of hydrogen-bond donors (Lipinski definition) is 2. The molecule has 0 spiro atoms. The lowest BCUT2D eigenvalue weighted by molar-refractivity contribution is -0.146. The van der Waals surface area contributed by atoms with Crippen molar-refractivity contribution in [1.29, 1.82) is 0 Å². The summed E-state index contributed by atoms with van der Waals surface area (Å²) in [7, 11) is 0. The first-order chi connectivity index (χ1) is 13.3. The number of nitrogens with one attached hydrogen (secondary N) is 2. The first-order valence-electron chi connectivity index (χ1n) is 9.46. The Morgan fingerprint density at radius 1 is 1.19 bits per heavy atom. The van der Waals surface area contributed by atoms with Crippen LogP contribution in [0, 0.1) is 0 Å². The second kappa shape index (κ2) is 6.79. The molecule has 3 aromatic rings. The van der Waals surface area contributed by atoms with Gasteiger partial charge in [0.25, 0.3) is 5.91 Å². The fourth-order valence-electron chi connectivity index (χ4n) is 4.07. The average Bonchev–Trinajstić information content (AvgIpc) is 3.16. The smallest absolute Gasteiger partial charge is 0.253 e. The number of ether oxygens (including phenoxy) is 1. The van der Waals surface area contributed by atoms with Crippen LogP contribution >= 0.6 is 0 Å². The van der Waals surface area contributed by atoms with E-state index in [0.717, 1.165) is 35.5 Å². The molecule has 138 valence electrons. The largest absolute Gasteiger partial charge is 0.366 e. The van der Waals surface area contributed by atoms with Gasteiger partial charge in [-0.15, -0.1) is 0 Å². The van der Waals surface area contributed by atoms with Crippen LogP contribution in [0.25, 0.3) is 22.0 Å². The number of benzene rings is 2. The number of morpholine rings is 1. The van der Waals surface area contributed by atoms with Crippen LogP contribution in [0.2, 0.25) is 0 Å². The average molecular weight is 362 g/mol. The minimum atomic E-state index is -0.381. The molecule has 6 heteroatoms. The van der Waals surface area contributed by atoms with Gasteiger partial charge in [0.2, 0.25) is 0 Å². The number of carbonyl (C=O) groups is 1.